The number of aliphatic hydroxyl groups excluding tert-OH is 1. The predicted octanol–water partition coefficient (Wildman–Crippen LogP) is 9.44. The number of hydrogen-bond acceptors (Lipinski definition) is 4. The van der Waals surface area contributed by atoms with Gasteiger partial charge in [0, 0.05) is 29.9 Å². The molecule has 13 heteroatoms. The first-order valence-corrected chi connectivity index (χ1v) is 19.1. The summed E-state index contributed by atoms with van der Waals surface area (Å²) < 4.78 is 72.7. The van der Waals surface area contributed by atoms with E-state index in [1.165, 1.54) is 46.6 Å². The van der Waals surface area contributed by atoms with Crippen LogP contribution in [0.15, 0.2) is 72.8 Å². The van der Waals surface area contributed by atoms with Gasteiger partial charge in [-0.05, 0) is 86.1 Å². The van der Waals surface area contributed by atoms with E-state index in [0.717, 1.165) is 30.5 Å². The molecule has 0 atom stereocenters. The molecule has 4 fully saturated rings. The van der Waals surface area contributed by atoms with Gasteiger partial charge < -0.3 is 19.5 Å². The number of rotatable bonds is 11. The maximum absolute atomic E-state index is 14.6. The molecule has 4 aliphatic rings. The van der Waals surface area contributed by atoms with Crippen LogP contribution in [-0.2, 0) is 21.3 Å². The second-order valence-corrected chi connectivity index (χ2v) is 16.0. The number of aliphatic hydroxyl groups is 1. The summed E-state index contributed by atoms with van der Waals surface area (Å²) in [6.45, 7) is 2.19. The number of fused-ring (bicyclic) bond motifs is 2. The standard InChI is InChI=1S/C37H43N2O4.F6P/c1-38-33-8-4-2-6-31(33)35(32-7-3-5-9-34(32)38)29-10-12-30(13-11-29)39(14-16-42-18-19-43-17-15-40)36(41)37-23-26-20-27(24-37)22-28(21-26)25-37;1-7(2,3,4,5)6/h2-13,26-28,40H,14-25H2,1H3;/q+1;-1. The van der Waals surface area contributed by atoms with Crippen molar-refractivity contribution in [2.24, 2.45) is 30.2 Å². The zero-order chi connectivity index (χ0) is 35.8. The molecule has 272 valence electrons. The topological polar surface area (TPSA) is 62.9 Å². The Balaban J connectivity index is 0.000000561. The summed E-state index contributed by atoms with van der Waals surface area (Å²) in [4.78, 5) is 16.6. The third-order valence-corrected chi connectivity index (χ3v) is 10.3. The van der Waals surface area contributed by atoms with E-state index in [-0.39, 0.29) is 12.0 Å². The van der Waals surface area contributed by atoms with Crippen molar-refractivity contribution in [3.8, 4) is 11.1 Å². The summed E-state index contributed by atoms with van der Waals surface area (Å²) in [6, 6.07) is 25.8. The number of carbonyl (C=O) groups is 1. The normalized spacial score (nSPS) is 24.0. The van der Waals surface area contributed by atoms with Crippen molar-refractivity contribution < 1.29 is 49.1 Å². The molecule has 0 radical (unpaired) electrons. The van der Waals surface area contributed by atoms with Crippen LogP contribution in [0.25, 0.3) is 32.9 Å². The quantitative estimate of drug-likeness (QED) is 0.0551. The van der Waals surface area contributed by atoms with Gasteiger partial charge in [0.25, 0.3) is 0 Å². The molecule has 4 aromatic rings. The molecule has 0 saturated heterocycles. The van der Waals surface area contributed by atoms with Gasteiger partial charge in [0.15, 0.2) is 0 Å². The summed E-state index contributed by atoms with van der Waals surface area (Å²) >= 11 is 0. The van der Waals surface area contributed by atoms with Crippen molar-refractivity contribution in [2.75, 3.05) is 44.5 Å². The molecule has 1 N–H and O–H groups in total. The number of nitrogens with zero attached hydrogens (tertiary/aromatic N) is 2. The minimum absolute atomic E-state index is 0.0103. The first kappa shape index (κ1) is 36.5. The molecule has 0 aliphatic heterocycles. The zero-order valence-corrected chi connectivity index (χ0v) is 28.8. The third kappa shape index (κ3) is 8.76. The van der Waals surface area contributed by atoms with Gasteiger partial charge in [-0.1, -0.05) is 36.4 Å². The molecule has 1 amide bonds. The molecule has 1 aromatic heterocycles. The first-order chi connectivity index (χ1) is 23.5. The third-order valence-electron chi connectivity index (χ3n) is 10.3. The second-order valence-electron chi connectivity index (χ2n) is 14.1. The Morgan fingerprint density at radius 2 is 1.22 bits per heavy atom. The number of amides is 1. The Labute approximate surface area is 287 Å². The average molecular weight is 725 g/mol. The predicted molar refractivity (Wildman–Crippen MR) is 183 cm³/mol. The van der Waals surface area contributed by atoms with Crippen LogP contribution in [0, 0.1) is 23.2 Å². The van der Waals surface area contributed by atoms with Gasteiger partial charge in [0.2, 0.25) is 16.9 Å². The Hall–Kier alpha value is -3.31. The van der Waals surface area contributed by atoms with Gasteiger partial charge in [0.1, 0.15) is 7.05 Å². The maximum atomic E-state index is 14.6. The monoisotopic (exact) mass is 724 g/mol. The molecule has 50 heavy (non-hydrogen) atoms. The van der Waals surface area contributed by atoms with Gasteiger partial charge >= 0.3 is 33.0 Å². The molecule has 4 bridgehead atoms. The fourth-order valence-electron chi connectivity index (χ4n) is 8.90. The number of benzene rings is 3. The van der Waals surface area contributed by atoms with Gasteiger partial charge in [0.05, 0.1) is 49.2 Å². The average Bonchev–Trinajstić information content (AvgIpc) is 3.04. The zero-order valence-electron chi connectivity index (χ0n) is 27.9. The summed E-state index contributed by atoms with van der Waals surface area (Å²) in [5.41, 5.74) is 5.48. The van der Waals surface area contributed by atoms with Crippen LogP contribution in [0.5, 0.6) is 0 Å². The van der Waals surface area contributed by atoms with Crippen molar-refractivity contribution in [2.45, 2.75) is 38.5 Å². The number of ether oxygens (including phenoxy) is 2. The van der Waals surface area contributed by atoms with Crippen LogP contribution in [0.3, 0.4) is 0 Å². The van der Waals surface area contributed by atoms with Crippen molar-refractivity contribution >= 4 is 41.2 Å². The van der Waals surface area contributed by atoms with E-state index >= 15 is 0 Å². The number of para-hydroxylation sites is 2. The first-order valence-electron chi connectivity index (χ1n) is 17.1. The van der Waals surface area contributed by atoms with Crippen LogP contribution >= 0.6 is 7.81 Å². The van der Waals surface area contributed by atoms with E-state index in [4.69, 9.17) is 14.6 Å². The Kier molecular flexibility index (Phi) is 9.74. The van der Waals surface area contributed by atoms with E-state index in [0.29, 0.717) is 56.6 Å². The Bertz CT molecular complexity index is 1750. The molecule has 6 nitrogen and oxygen atoms in total. The molecule has 0 spiro atoms. The number of carbonyl (C=O) groups excluding carboxylic acids is 1. The SMILES string of the molecule is C[n+]1c2ccccc2c(-c2ccc(N(CCOCCOCCO)C(=O)C34CC5CC(CC(C5)C3)C4)cc2)c2ccccc21.F[P-](F)(F)(F)(F)F. The molecule has 4 aliphatic carbocycles. The fraction of sp³-hybridized carbons (Fsp3) is 0.459. The number of aryl methyl sites for hydroxylation is 1. The van der Waals surface area contributed by atoms with Gasteiger partial charge in [-0.3, -0.25) is 4.79 Å². The van der Waals surface area contributed by atoms with Crippen LogP contribution in [0.1, 0.15) is 38.5 Å². The number of aromatic nitrogens is 1. The Morgan fingerprint density at radius 1 is 0.760 bits per heavy atom. The summed E-state index contributed by atoms with van der Waals surface area (Å²) in [5.74, 6) is 2.42. The molecule has 3 aromatic carbocycles. The molecule has 1 heterocycles. The molecule has 8 rings (SSSR count). The fourth-order valence-corrected chi connectivity index (χ4v) is 8.90. The van der Waals surface area contributed by atoms with Gasteiger partial charge in [-0.2, -0.15) is 4.57 Å². The summed E-state index contributed by atoms with van der Waals surface area (Å²) in [5, 5.41) is 11.4. The molecular weight excluding hydrogens is 681 g/mol. The van der Waals surface area contributed by atoms with Crippen molar-refractivity contribution in [1.29, 1.82) is 0 Å². The summed E-state index contributed by atoms with van der Waals surface area (Å²) in [6.07, 6.45) is 7.07. The van der Waals surface area contributed by atoms with Crippen molar-refractivity contribution in [1.82, 2.24) is 0 Å². The van der Waals surface area contributed by atoms with Gasteiger partial charge in [-0.15, -0.1) is 0 Å². The number of hydrogen-bond donors (Lipinski definition) is 1. The summed E-state index contributed by atoms with van der Waals surface area (Å²) in [7, 11) is -8.53. The van der Waals surface area contributed by atoms with Crippen LogP contribution < -0.4 is 9.47 Å². The number of anilines is 1. The van der Waals surface area contributed by atoms with E-state index in [1.807, 2.05) is 4.90 Å². The molecule has 0 unspecified atom stereocenters. The second kappa shape index (κ2) is 13.3. The van der Waals surface area contributed by atoms with E-state index in [9.17, 15) is 30.0 Å². The van der Waals surface area contributed by atoms with Crippen molar-refractivity contribution in [3.05, 3.63) is 72.8 Å². The molecule has 4 saturated carbocycles. The van der Waals surface area contributed by atoms with E-state index in [2.05, 4.69) is 84.4 Å². The molecular formula is C37H43F6N2O4P. The van der Waals surface area contributed by atoms with Crippen LogP contribution in [0.2, 0.25) is 0 Å². The van der Waals surface area contributed by atoms with Crippen LogP contribution in [0.4, 0.5) is 30.9 Å². The van der Waals surface area contributed by atoms with Gasteiger partial charge in [-0.25, -0.2) is 0 Å². The van der Waals surface area contributed by atoms with Crippen LogP contribution in [-0.4, -0.2) is 50.6 Å². The van der Waals surface area contributed by atoms with E-state index in [1.54, 1.807) is 0 Å². The minimum atomic E-state index is -10.7. The van der Waals surface area contributed by atoms with E-state index < -0.39 is 7.81 Å². The number of halogens is 6. The van der Waals surface area contributed by atoms with Crippen molar-refractivity contribution in [3.63, 3.8) is 0 Å². The Morgan fingerprint density at radius 3 is 1.70 bits per heavy atom. The number of pyridine rings is 1.